The number of hydrogen-bond acceptors (Lipinski definition) is 1. The van der Waals surface area contributed by atoms with Gasteiger partial charge < -0.3 is 5.32 Å². The van der Waals surface area contributed by atoms with E-state index >= 15 is 0 Å². The lowest BCUT2D eigenvalue weighted by molar-refractivity contribution is 0.188. The minimum absolute atomic E-state index is 0.492. The maximum atomic E-state index is 3.99. The number of hydrogen-bond donors (Lipinski definition) is 1. The Morgan fingerprint density at radius 3 is 2.60 bits per heavy atom. The van der Waals surface area contributed by atoms with Gasteiger partial charge in [-0.15, -0.1) is 0 Å². The summed E-state index contributed by atoms with van der Waals surface area (Å²) in [5.41, 5.74) is 0.492. The Morgan fingerprint density at radius 2 is 1.80 bits per heavy atom. The summed E-state index contributed by atoms with van der Waals surface area (Å²) in [6.45, 7) is 8.46. The van der Waals surface area contributed by atoms with E-state index in [9.17, 15) is 0 Å². The molecule has 1 N–H and O–H groups in total. The average molecular weight is 277 g/mol. The lowest BCUT2D eigenvalue weighted by Crippen LogP contribution is -2.43. The van der Waals surface area contributed by atoms with Crippen molar-refractivity contribution in [3.05, 3.63) is 0 Å². The van der Waals surface area contributed by atoms with Crippen molar-refractivity contribution in [3.8, 4) is 0 Å². The van der Waals surface area contributed by atoms with Crippen LogP contribution in [0.1, 0.15) is 78.6 Å². The minimum Gasteiger partial charge on any atom is -0.313 e. The zero-order chi connectivity index (χ0) is 14.2. The van der Waals surface area contributed by atoms with Crippen molar-refractivity contribution in [2.75, 3.05) is 6.54 Å². The Morgan fingerprint density at radius 1 is 1.00 bits per heavy atom. The van der Waals surface area contributed by atoms with E-state index in [1.54, 1.807) is 19.3 Å². The van der Waals surface area contributed by atoms with Crippen LogP contribution in [0, 0.1) is 29.1 Å². The van der Waals surface area contributed by atoms with E-state index in [4.69, 9.17) is 0 Å². The van der Waals surface area contributed by atoms with Gasteiger partial charge >= 0.3 is 0 Å². The molecule has 0 amide bonds. The molecule has 20 heavy (non-hydrogen) atoms. The van der Waals surface area contributed by atoms with Crippen LogP contribution in [0.2, 0.25) is 0 Å². The van der Waals surface area contributed by atoms with Gasteiger partial charge in [-0.05, 0) is 61.2 Å². The summed E-state index contributed by atoms with van der Waals surface area (Å²) >= 11 is 0. The minimum atomic E-state index is 0.492. The van der Waals surface area contributed by atoms with Gasteiger partial charge in [-0.25, -0.2) is 0 Å². The topological polar surface area (TPSA) is 12.0 Å². The van der Waals surface area contributed by atoms with Gasteiger partial charge in [0.05, 0.1) is 0 Å². The fourth-order valence-electron chi connectivity index (χ4n) is 5.65. The first-order chi connectivity index (χ1) is 9.61. The first kappa shape index (κ1) is 14.9. The molecule has 3 saturated carbocycles. The molecule has 1 nitrogen and oxygen atoms in total. The first-order valence-electron chi connectivity index (χ1n) is 9.34. The van der Waals surface area contributed by atoms with Gasteiger partial charge in [-0.1, -0.05) is 46.5 Å². The Bertz CT molecular complexity index is 322. The zero-order valence-electron chi connectivity index (χ0n) is 14.0. The molecule has 5 unspecified atom stereocenters. The second-order valence-corrected chi connectivity index (χ2v) is 8.76. The summed E-state index contributed by atoms with van der Waals surface area (Å²) in [4.78, 5) is 0. The van der Waals surface area contributed by atoms with Crippen molar-refractivity contribution in [2.24, 2.45) is 29.1 Å². The highest BCUT2D eigenvalue weighted by Gasteiger charge is 2.53. The number of rotatable bonds is 7. The molecule has 0 radical (unpaired) electrons. The van der Waals surface area contributed by atoms with Crippen LogP contribution in [0.15, 0.2) is 0 Å². The smallest absolute Gasteiger partial charge is 0.0101 e. The second-order valence-electron chi connectivity index (χ2n) is 8.76. The van der Waals surface area contributed by atoms with Crippen LogP contribution < -0.4 is 5.32 Å². The molecule has 3 aliphatic rings. The summed E-state index contributed by atoms with van der Waals surface area (Å²) in [5, 5.41) is 3.99. The van der Waals surface area contributed by atoms with Gasteiger partial charge in [0.2, 0.25) is 0 Å². The van der Waals surface area contributed by atoms with Crippen molar-refractivity contribution in [3.63, 3.8) is 0 Å². The summed E-state index contributed by atoms with van der Waals surface area (Å²) in [5.74, 6) is 4.37. The maximum Gasteiger partial charge on any atom is 0.0101 e. The molecule has 116 valence electrons. The standard InChI is InChI=1S/C19H35N/c1-4-5-6-10-19(2,3)13-20-18-12-14-11-17(18)16-9-7-8-15(14)16/h14-18,20H,4-13H2,1-3H3. The normalized spacial score (nSPS) is 39.5. The van der Waals surface area contributed by atoms with Gasteiger partial charge in [0.25, 0.3) is 0 Å². The summed E-state index contributed by atoms with van der Waals surface area (Å²) in [6, 6.07) is 0.866. The molecular weight excluding hydrogens is 242 g/mol. The predicted molar refractivity (Wildman–Crippen MR) is 86.8 cm³/mol. The third-order valence-corrected chi connectivity index (χ3v) is 6.73. The molecule has 0 aromatic carbocycles. The molecule has 0 aliphatic heterocycles. The fraction of sp³-hybridized carbons (Fsp3) is 1.00. The van der Waals surface area contributed by atoms with Crippen LogP contribution in [-0.2, 0) is 0 Å². The van der Waals surface area contributed by atoms with Gasteiger partial charge in [0, 0.05) is 12.6 Å². The summed E-state index contributed by atoms with van der Waals surface area (Å²) < 4.78 is 0. The SMILES string of the molecule is CCCCCC(C)(C)CNC1CC2CC1C1CCCC21. The van der Waals surface area contributed by atoms with Crippen molar-refractivity contribution in [1.82, 2.24) is 5.32 Å². The van der Waals surface area contributed by atoms with Gasteiger partial charge in [0.15, 0.2) is 0 Å². The highest BCUT2D eigenvalue weighted by Crippen LogP contribution is 2.58. The van der Waals surface area contributed by atoms with Crippen molar-refractivity contribution in [2.45, 2.75) is 84.6 Å². The predicted octanol–water partition coefficient (Wildman–Crippen LogP) is 5.01. The van der Waals surface area contributed by atoms with Crippen LogP contribution in [0.4, 0.5) is 0 Å². The molecule has 5 atom stereocenters. The lowest BCUT2D eigenvalue weighted by Gasteiger charge is -2.35. The van der Waals surface area contributed by atoms with Crippen LogP contribution in [-0.4, -0.2) is 12.6 Å². The van der Waals surface area contributed by atoms with Crippen LogP contribution in [0.25, 0.3) is 0 Å². The number of nitrogens with one attached hydrogen (secondary N) is 1. The molecule has 0 heterocycles. The quantitative estimate of drug-likeness (QED) is 0.645. The van der Waals surface area contributed by atoms with E-state index in [2.05, 4.69) is 26.1 Å². The molecule has 3 fully saturated rings. The van der Waals surface area contributed by atoms with E-state index in [-0.39, 0.29) is 0 Å². The maximum absolute atomic E-state index is 3.99. The summed E-state index contributed by atoms with van der Waals surface area (Å²) in [7, 11) is 0. The van der Waals surface area contributed by atoms with Gasteiger partial charge in [-0.2, -0.15) is 0 Å². The molecule has 3 aliphatic carbocycles. The molecule has 1 heteroatoms. The first-order valence-corrected chi connectivity index (χ1v) is 9.34. The Hall–Kier alpha value is -0.0400. The van der Waals surface area contributed by atoms with E-state index in [0.29, 0.717) is 5.41 Å². The second kappa shape index (κ2) is 5.99. The molecule has 3 rings (SSSR count). The molecule has 0 saturated heterocycles. The molecule has 0 aromatic rings. The largest absolute Gasteiger partial charge is 0.313 e. The molecule has 0 aromatic heterocycles. The Kier molecular flexibility index (Phi) is 4.45. The van der Waals surface area contributed by atoms with Gasteiger partial charge in [-0.3, -0.25) is 0 Å². The fourth-order valence-corrected chi connectivity index (χ4v) is 5.65. The third-order valence-electron chi connectivity index (χ3n) is 6.73. The Labute approximate surface area is 126 Å². The molecule has 2 bridgehead atoms. The van der Waals surface area contributed by atoms with Gasteiger partial charge in [0.1, 0.15) is 0 Å². The van der Waals surface area contributed by atoms with Crippen molar-refractivity contribution >= 4 is 0 Å². The van der Waals surface area contributed by atoms with Crippen molar-refractivity contribution < 1.29 is 0 Å². The number of fused-ring (bicyclic) bond motifs is 5. The monoisotopic (exact) mass is 277 g/mol. The van der Waals surface area contributed by atoms with E-state index in [1.807, 2.05) is 0 Å². The highest BCUT2D eigenvalue weighted by molar-refractivity contribution is 5.05. The van der Waals surface area contributed by atoms with E-state index in [1.165, 1.54) is 45.1 Å². The van der Waals surface area contributed by atoms with E-state index in [0.717, 1.165) is 29.7 Å². The molecule has 0 spiro atoms. The van der Waals surface area contributed by atoms with Crippen LogP contribution in [0.5, 0.6) is 0 Å². The number of unbranched alkanes of at least 4 members (excludes halogenated alkanes) is 2. The zero-order valence-corrected chi connectivity index (χ0v) is 14.0. The third kappa shape index (κ3) is 2.93. The Balaban J connectivity index is 1.45. The highest BCUT2D eigenvalue weighted by atomic mass is 15.0. The van der Waals surface area contributed by atoms with E-state index < -0.39 is 0 Å². The van der Waals surface area contributed by atoms with Crippen LogP contribution >= 0.6 is 0 Å². The molecular formula is C19H35N. The lowest BCUT2D eigenvalue weighted by atomic mass is 9.78. The van der Waals surface area contributed by atoms with Crippen molar-refractivity contribution in [1.29, 1.82) is 0 Å². The summed E-state index contributed by atoms with van der Waals surface area (Å²) in [6.07, 6.45) is 13.2. The average Bonchev–Trinajstić information content (AvgIpc) is 3.09. The van der Waals surface area contributed by atoms with Crippen LogP contribution in [0.3, 0.4) is 0 Å².